The van der Waals surface area contributed by atoms with Crippen molar-refractivity contribution in [2.75, 3.05) is 238 Å². The van der Waals surface area contributed by atoms with Gasteiger partial charge in [0.2, 0.25) is 5.91 Å². The molecule has 0 radical (unpaired) electrons. The van der Waals surface area contributed by atoms with Gasteiger partial charge in [-0.25, -0.2) is 33.5 Å². The Bertz CT molecular complexity index is 2690. The Balaban J connectivity index is 0.000000402. The number of benzene rings is 2. The molecular formula is C60H101Cl12N14O10P3S. The number of imide groups is 1. The molecule has 576 valence electrons. The van der Waals surface area contributed by atoms with E-state index in [4.69, 9.17) is 176 Å². The van der Waals surface area contributed by atoms with Crippen LogP contribution < -0.4 is 31.0 Å². The van der Waals surface area contributed by atoms with Gasteiger partial charge in [-0.15, -0.1) is 139 Å². The number of carbonyl (C=O) groups excluding carboxylic acids is 2. The quantitative estimate of drug-likeness (QED) is 0.0158. The third kappa shape index (κ3) is 38.7. The number of anilines is 2. The predicted molar refractivity (Wildman–Crippen MR) is 425 cm³/mol. The van der Waals surface area contributed by atoms with Gasteiger partial charge in [-0.1, -0.05) is 24.3 Å². The van der Waals surface area contributed by atoms with Crippen LogP contribution in [0.3, 0.4) is 0 Å². The Morgan fingerprint density at radius 3 is 1.47 bits per heavy atom. The summed E-state index contributed by atoms with van der Waals surface area (Å²) in [4.78, 5) is 55.3. The van der Waals surface area contributed by atoms with E-state index in [1.807, 2.05) is 55.6 Å². The molecule has 24 nitrogen and oxygen atoms in total. The topological polar surface area (TPSA) is 264 Å². The van der Waals surface area contributed by atoms with Crippen LogP contribution in [0, 0.1) is 0 Å². The number of nitrogens with two attached hydrogens (primary N) is 1. The van der Waals surface area contributed by atoms with E-state index in [0.29, 0.717) is 136 Å². The predicted octanol–water partition coefficient (Wildman–Crippen LogP) is 10.4. The lowest BCUT2D eigenvalue weighted by Crippen LogP contribution is -2.50. The standard InChI is InChI=1S/C14H19Cl2NO2.C13H18Cl2N2O2.C8H11Cl2N3O2.2C7H15Cl2N2O2P.C6H12N3PS.C5H11Cl2N/c15-8-10-17(11-9-16)13-6-4-12(5-7-13)2-1-3-14(18)19;14-5-7-17(8-6-15)11-3-1-10(2-4-11)9-12(16)13(18)19;9-1-3-13(4-2-10)7-8(15)12-6(14)5-11-7;8-2-4-10-14(12)11(6-3-9)5-1-7-13-14;8-2-5-11(6-3-9)14(12)10-4-1-7-13-14;11-10(7-1-2-7,8-3-4-8)9-5-6-9;1-8(4-2-6)5-3-7/h4-7H,1-3,8-11H2,(H,18,19);1-4,12H,5-9,16H2,(H,18,19);1-5H2,(H,12,14,15);2*1-7H2,(H,10,12);1-6H2;2-5H2,1H3/t;12-;;;;;/m.0...../s1. The number of hydrogen-bond donors (Lipinski definition) is 6. The molecule has 6 aliphatic heterocycles. The summed E-state index contributed by atoms with van der Waals surface area (Å²) in [6.07, 6.45) is 3.77. The van der Waals surface area contributed by atoms with Crippen molar-refractivity contribution in [3.05, 3.63) is 59.7 Å². The first-order chi connectivity index (χ1) is 48.0. The first kappa shape index (κ1) is 95.8. The summed E-state index contributed by atoms with van der Waals surface area (Å²) >= 11 is 73.3. The molecule has 100 heavy (non-hydrogen) atoms. The molecule has 2 unspecified atom stereocenters. The van der Waals surface area contributed by atoms with Crippen LogP contribution in [0.15, 0.2) is 53.5 Å². The molecule has 2 aromatic carbocycles. The SMILES string of the molecule is CN(CCCl)CCCl.N[C@@H](Cc1ccc(N(CCCl)CCCl)cc1)C(=O)O.O=C(O)CCCc1ccc(N(CCCl)CCCl)cc1.O=C1CN=C(N(CCCl)CCCl)C(=O)N1.O=P1(N(CCCl)CCCl)NCCCO1.O=P1(NCCCl)OCCCN1CCCl.S=P(N1CC1)(N1CC1)N1CC1. The maximum absolute atomic E-state index is 12.2. The van der Waals surface area contributed by atoms with E-state index in [2.05, 4.69) is 49.2 Å². The molecule has 2 amide bonds. The number of carbonyl (C=O) groups is 4. The van der Waals surface area contributed by atoms with Crippen LogP contribution in [0.25, 0.3) is 0 Å². The maximum Gasteiger partial charge on any atom is 0.343 e. The maximum atomic E-state index is 12.2. The molecule has 6 heterocycles. The molecule has 2 aromatic rings. The summed E-state index contributed by atoms with van der Waals surface area (Å²) in [5.74, 6) is 3.66. The Morgan fingerprint density at radius 1 is 0.630 bits per heavy atom. The van der Waals surface area contributed by atoms with Crippen LogP contribution in [0.5, 0.6) is 0 Å². The van der Waals surface area contributed by atoms with E-state index in [1.165, 1.54) is 39.3 Å². The molecule has 0 bridgehead atoms. The van der Waals surface area contributed by atoms with Crippen molar-refractivity contribution in [2.45, 2.75) is 44.6 Å². The molecular weight excluding hydrogens is 1630 g/mol. The van der Waals surface area contributed by atoms with Gasteiger partial charge in [0, 0.05) is 219 Å². The number of nitrogens with one attached hydrogen (secondary N) is 3. The number of amidine groups is 1. The second-order valence-electron chi connectivity index (χ2n) is 22.3. The Hall–Kier alpha value is -0.260. The average molecular weight is 1730 g/mol. The highest BCUT2D eigenvalue weighted by atomic mass is 35.5. The van der Waals surface area contributed by atoms with E-state index in [-0.39, 0.29) is 24.7 Å². The van der Waals surface area contributed by atoms with Crippen molar-refractivity contribution in [3.8, 4) is 0 Å². The summed E-state index contributed by atoms with van der Waals surface area (Å²) in [5, 5.41) is 25.3. The summed E-state index contributed by atoms with van der Waals surface area (Å²) < 4.78 is 45.9. The normalized spacial score (nSPS) is 19.1. The van der Waals surface area contributed by atoms with Crippen LogP contribution in [-0.4, -0.2) is 307 Å². The summed E-state index contributed by atoms with van der Waals surface area (Å²) in [5.41, 5.74) is 9.67. The molecule has 0 saturated carbocycles. The van der Waals surface area contributed by atoms with Gasteiger partial charge >= 0.3 is 27.3 Å². The van der Waals surface area contributed by atoms with Crippen molar-refractivity contribution < 1.29 is 47.6 Å². The van der Waals surface area contributed by atoms with E-state index >= 15 is 0 Å². The van der Waals surface area contributed by atoms with E-state index in [1.54, 1.807) is 14.2 Å². The number of nitrogens with zero attached hydrogens (tertiary/aromatic N) is 10. The van der Waals surface area contributed by atoms with Gasteiger partial charge in [-0.05, 0) is 86.4 Å². The summed E-state index contributed by atoms with van der Waals surface area (Å²) in [6, 6.07) is 14.9. The van der Waals surface area contributed by atoms with Gasteiger partial charge in [-0.3, -0.25) is 38.6 Å². The third-order valence-corrected chi connectivity index (χ3v) is 26.8. The first-order valence-electron chi connectivity index (χ1n) is 32.8. The van der Waals surface area contributed by atoms with Gasteiger partial charge in [0.15, 0.2) is 5.84 Å². The van der Waals surface area contributed by atoms with Crippen LogP contribution in [-0.2, 0) is 62.0 Å². The molecule has 5 fully saturated rings. The Kier molecular flexibility index (Phi) is 53.7. The van der Waals surface area contributed by atoms with Crippen molar-refractivity contribution >= 4 is 214 Å². The third-order valence-electron chi connectivity index (χ3n) is 14.7. The largest absolute Gasteiger partial charge is 0.481 e. The van der Waals surface area contributed by atoms with Crippen LogP contribution in [0.2, 0.25) is 0 Å². The van der Waals surface area contributed by atoms with Crippen LogP contribution in [0.1, 0.15) is 36.8 Å². The van der Waals surface area contributed by atoms with E-state index < -0.39 is 45.7 Å². The smallest absolute Gasteiger partial charge is 0.343 e. The zero-order valence-corrected chi connectivity index (χ0v) is 69.3. The number of hydrogen-bond acceptors (Lipinski definition) is 15. The van der Waals surface area contributed by atoms with Crippen molar-refractivity contribution in [1.82, 2.24) is 48.6 Å². The molecule has 6 aliphatic rings. The average Bonchev–Trinajstić information content (AvgIpc) is 1.58. The fourth-order valence-corrected chi connectivity index (χ4v) is 20.7. The number of rotatable bonds is 38. The van der Waals surface area contributed by atoms with Crippen LogP contribution >= 0.6 is 161 Å². The minimum atomic E-state index is -2.84. The van der Waals surface area contributed by atoms with Gasteiger partial charge in [0.25, 0.3) is 5.91 Å². The Labute approximate surface area is 657 Å². The highest BCUT2D eigenvalue weighted by Crippen LogP contribution is 2.65. The van der Waals surface area contributed by atoms with Crippen molar-refractivity contribution in [1.29, 1.82) is 0 Å². The molecule has 5 saturated heterocycles. The van der Waals surface area contributed by atoms with Crippen LogP contribution in [0.4, 0.5) is 11.4 Å². The number of carboxylic acids is 2. The zero-order valence-electron chi connectivity index (χ0n) is 56.7. The monoisotopic (exact) mass is 1720 g/mol. The zero-order chi connectivity index (χ0) is 74.4. The number of halogens is 12. The fraction of sp³-hybridized carbons (Fsp3) is 0.717. The van der Waals surface area contributed by atoms with Gasteiger partial charge in [0.05, 0.1) is 13.2 Å². The van der Waals surface area contributed by atoms with Gasteiger partial charge in [0.1, 0.15) is 19.1 Å². The number of aliphatic carboxylic acids is 2. The summed E-state index contributed by atoms with van der Waals surface area (Å²) in [6.45, 7) is 16.7. The molecule has 0 spiro atoms. The highest BCUT2D eigenvalue weighted by molar-refractivity contribution is 8.11. The lowest BCUT2D eigenvalue weighted by atomic mass is 10.1. The molecule has 7 N–H and O–H groups in total. The van der Waals surface area contributed by atoms with E-state index in [9.17, 15) is 28.3 Å². The highest BCUT2D eigenvalue weighted by Gasteiger charge is 2.51. The molecule has 40 heteroatoms. The summed E-state index contributed by atoms with van der Waals surface area (Å²) in [7, 11) is -3.68. The minimum Gasteiger partial charge on any atom is -0.481 e. The number of alkyl halides is 12. The fourth-order valence-electron chi connectivity index (χ4n) is 9.31. The lowest BCUT2D eigenvalue weighted by Gasteiger charge is -2.34. The van der Waals surface area contributed by atoms with Crippen molar-refractivity contribution in [3.63, 3.8) is 0 Å². The molecule has 0 aromatic heterocycles. The second kappa shape index (κ2) is 56.0. The van der Waals surface area contributed by atoms with Crippen molar-refractivity contribution in [2.24, 2.45) is 10.7 Å². The second-order valence-corrected chi connectivity index (χ2v) is 35.4. The Morgan fingerprint density at radius 2 is 1.08 bits per heavy atom. The number of amides is 2. The number of aliphatic imine (C=N–C) groups is 1. The first-order valence-corrected chi connectivity index (χ1v) is 45.0. The van der Waals surface area contributed by atoms with E-state index in [0.717, 1.165) is 94.1 Å². The number of aryl methyl sites for hydroxylation is 1. The van der Waals surface area contributed by atoms with Gasteiger partial charge in [-0.2, -0.15) is 0 Å². The molecule has 3 atom stereocenters. The molecule has 8 rings (SSSR count). The van der Waals surface area contributed by atoms with Gasteiger partial charge < -0.3 is 44.6 Å². The minimum absolute atomic E-state index is 0.0257. The number of carboxylic acid groups (broad SMARTS) is 2. The molecule has 0 aliphatic carbocycles. The lowest BCUT2D eigenvalue weighted by molar-refractivity contribution is -0.139.